The van der Waals surface area contributed by atoms with Crippen molar-refractivity contribution in [2.45, 2.75) is 92.2 Å². The summed E-state index contributed by atoms with van der Waals surface area (Å²) in [6.45, 7) is 18.3. The lowest BCUT2D eigenvalue weighted by molar-refractivity contribution is 0.0902. The van der Waals surface area contributed by atoms with Gasteiger partial charge in [0.15, 0.2) is 5.82 Å². The molecule has 0 radical (unpaired) electrons. The van der Waals surface area contributed by atoms with E-state index in [9.17, 15) is 9.59 Å². The summed E-state index contributed by atoms with van der Waals surface area (Å²) in [6, 6.07) is 27.1. The highest BCUT2D eigenvalue weighted by molar-refractivity contribution is 6.30. The molecule has 13 heteroatoms. The number of nitrogens with one attached hydrogen (secondary N) is 2. The average molecular weight is 761 g/mol. The molecule has 2 N–H and O–H groups in total. The molecule has 0 saturated carbocycles. The number of aryl methyl sites for hydroxylation is 1. The third-order valence-electron chi connectivity index (χ3n) is 9.46. The first-order chi connectivity index (χ1) is 26.1. The predicted molar refractivity (Wildman–Crippen MR) is 217 cm³/mol. The molecule has 0 aliphatic heterocycles. The molecule has 2 heterocycles. The summed E-state index contributed by atoms with van der Waals surface area (Å²) >= 11 is 5.99. The fourth-order valence-corrected chi connectivity index (χ4v) is 5.54. The molecule has 0 aliphatic rings. The molecular formula is C42H49ClN10O2. The van der Waals surface area contributed by atoms with Crippen LogP contribution < -0.4 is 10.6 Å². The quantitative estimate of drug-likeness (QED) is 0.134. The smallest absolute Gasteiger partial charge is 0.251 e. The third kappa shape index (κ3) is 10.5. The molecule has 2 amide bonds. The van der Waals surface area contributed by atoms with Gasteiger partial charge in [-0.05, 0) is 139 Å². The van der Waals surface area contributed by atoms with Crippen LogP contribution in [0, 0.1) is 6.92 Å². The van der Waals surface area contributed by atoms with Crippen molar-refractivity contribution in [3.63, 3.8) is 0 Å². The van der Waals surface area contributed by atoms with Crippen molar-refractivity contribution in [1.29, 1.82) is 0 Å². The van der Waals surface area contributed by atoms with E-state index >= 15 is 0 Å². The summed E-state index contributed by atoms with van der Waals surface area (Å²) in [7, 11) is 0. The summed E-state index contributed by atoms with van der Waals surface area (Å²) in [5, 5.41) is 30.3. The molecule has 0 aliphatic carbocycles. The van der Waals surface area contributed by atoms with Crippen LogP contribution in [0.5, 0.6) is 0 Å². The van der Waals surface area contributed by atoms with E-state index in [4.69, 9.17) is 11.6 Å². The van der Waals surface area contributed by atoms with Crippen LogP contribution in [0.4, 0.5) is 0 Å². The molecular weight excluding hydrogens is 712 g/mol. The van der Waals surface area contributed by atoms with Crippen molar-refractivity contribution < 1.29 is 9.59 Å². The monoisotopic (exact) mass is 760 g/mol. The van der Waals surface area contributed by atoms with E-state index in [0.717, 1.165) is 46.6 Å². The van der Waals surface area contributed by atoms with E-state index in [-0.39, 0.29) is 28.8 Å². The maximum atomic E-state index is 13.0. The van der Waals surface area contributed by atoms with Gasteiger partial charge in [-0.3, -0.25) is 9.59 Å². The molecule has 0 unspecified atom stereocenters. The van der Waals surface area contributed by atoms with E-state index in [1.807, 2.05) is 103 Å². The Morgan fingerprint density at radius 1 is 0.691 bits per heavy atom. The van der Waals surface area contributed by atoms with E-state index in [1.165, 1.54) is 16.6 Å². The van der Waals surface area contributed by atoms with Crippen LogP contribution in [0.25, 0.3) is 33.6 Å². The highest BCUT2D eigenvalue weighted by Gasteiger charge is 2.22. The lowest BCUT2D eigenvalue weighted by Crippen LogP contribution is -2.42. The van der Waals surface area contributed by atoms with Crippen LogP contribution in [0.3, 0.4) is 0 Å². The number of carbonyl (C=O) groups is 2. The number of hydrogen-bond donors (Lipinski definition) is 2. The first-order valence-electron chi connectivity index (χ1n) is 18.4. The highest BCUT2D eigenvalue weighted by Crippen LogP contribution is 2.28. The second kappa shape index (κ2) is 17.2. The third-order valence-corrected chi connectivity index (χ3v) is 9.71. The van der Waals surface area contributed by atoms with Gasteiger partial charge in [-0.25, -0.2) is 4.68 Å². The van der Waals surface area contributed by atoms with Crippen LogP contribution in [-0.2, 0) is 0 Å². The summed E-state index contributed by atoms with van der Waals surface area (Å²) in [4.78, 5) is 25.8. The molecule has 12 nitrogen and oxygen atoms in total. The van der Waals surface area contributed by atoms with E-state index in [1.54, 1.807) is 10.7 Å². The Morgan fingerprint density at radius 3 is 1.69 bits per heavy atom. The summed E-state index contributed by atoms with van der Waals surface area (Å²) < 4.78 is 3.24. The van der Waals surface area contributed by atoms with Crippen molar-refractivity contribution in [2.75, 3.05) is 0 Å². The molecule has 6 rings (SSSR count). The van der Waals surface area contributed by atoms with Gasteiger partial charge in [0.25, 0.3) is 11.8 Å². The van der Waals surface area contributed by atoms with Crippen molar-refractivity contribution in [2.24, 2.45) is 0 Å². The Hall–Kier alpha value is -5.75. The van der Waals surface area contributed by atoms with Crippen molar-refractivity contribution in [3.8, 4) is 33.6 Å². The van der Waals surface area contributed by atoms with Gasteiger partial charge in [-0.15, -0.1) is 10.2 Å². The molecule has 55 heavy (non-hydrogen) atoms. The Morgan fingerprint density at radius 2 is 1.20 bits per heavy atom. The minimum Gasteiger partial charge on any atom is -0.347 e. The van der Waals surface area contributed by atoms with Crippen LogP contribution >= 0.6 is 11.6 Å². The predicted octanol–water partition coefficient (Wildman–Crippen LogP) is 8.58. The highest BCUT2D eigenvalue weighted by atomic mass is 35.5. The van der Waals surface area contributed by atoms with Gasteiger partial charge in [-0.2, -0.15) is 4.68 Å². The molecule has 6 aromatic rings. The Bertz CT molecular complexity index is 2230. The minimum atomic E-state index is -0.289. The molecule has 0 spiro atoms. The Balaban J connectivity index is 0.000000212. The van der Waals surface area contributed by atoms with Crippen LogP contribution in [0.15, 0.2) is 91.3 Å². The number of amides is 2. The van der Waals surface area contributed by atoms with Crippen molar-refractivity contribution in [3.05, 3.63) is 119 Å². The molecule has 4 aromatic carbocycles. The number of halogens is 1. The maximum absolute atomic E-state index is 13.0. The number of tetrazole rings is 2. The number of aromatic nitrogens is 8. The molecule has 2 aromatic heterocycles. The van der Waals surface area contributed by atoms with Gasteiger partial charge in [-0.1, -0.05) is 81.3 Å². The lowest BCUT2D eigenvalue weighted by Gasteiger charge is -2.24. The SMILES string of the molecule is CCC(C)(C)NC(=O)c1cc(-c2ccc(C)cc2)cc(-n2nnnc2C(C)C)c1.CCC(C)(C)NC(=O)c1cc(-c2ccc(Cl)cc2)cc(-n2cnnn2)c1. The number of benzene rings is 4. The minimum absolute atomic E-state index is 0.105. The zero-order chi connectivity index (χ0) is 39.9. The van der Waals surface area contributed by atoms with Crippen molar-refractivity contribution >= 4 is 23.4 Å². The fourth-order valence-electron chi connectivity index (χ4n) is 5.41. The molecule has 286 valence electrons. The Kier molecular flexibility index (Phi) is 12.6. The van der Waals surface area contributed by atoms with Crippen LogP contribution in [0.1, 0.15) is 106 Å². The van der Waals surface area contributed by atoms with E-state index < -0.39 is 0 Å². The molecule has 0 bridgehead atoms. The summed E-state index contributed by atoms with van der Waals surface area (Å²) in [5.41, 5.74) is 7.06. The zero-order valence-electron chi connectivity index (χ0n) is 32.9. The first kappa shape index (κ1) is 40.4. The lowest BCUT2D eigenvalue weighted by atomic mass is 9.98. The molecule has 0 saturated heterocycles. The zero-order valence-corrected chi connectivity index (χ0v) is 33.7. The van der Waals surface area contributed by atoms with Gasteiger partial charge in [0.1, 0.15) is 6.33 Å². The van der Waals surface area contributed by atoms with E-state index in [2.05, 4.69) is 79.8 Å². The first-order valence-corrected chi connectivity index (χ1v) is 18.8. The largest absolute Gasteiger partial charge is 0.347 e. The van der Waals surface area contributed by atoms with Gasteiger partial charge in [0.05, 0.1) is 11.4 Å². The topological polar surface area (TPSA) is 145 Å². The van der Waals surface area contributed by atoms with Gasteiger partial charge < -0.3 is 10.6 Å². The second-order valence-corrected chi connectivity index (χ2v) is 15.6. The fraction of sp³-hybridized carbons (Fsp3) is 0.333. The van der Waals surface area contributed by atoms with Gasteiger partial charge in [0.2, 0.25) is 0 Å². The maximum Gasteiger partial charge on any atom is 0.251 e. The molecule has 0 atom stereocenters. The average Bonchev–Trinajstić information content (AvgIpc) is 3.89. The molecule has 0 fully saturated rings. The van der Waals surface area contributed by atoms with Crippen LogP contribution in [-0.4, -0.2) is 63.3 Å². The summed E-state index contributed by atoms with van der Waals surface area (Å²) in [6.07, 6.45) is 3.17. The van der Waals surface area contributed by atoms with Crippen LogP contribution in [0.2, 0.25) is 5.02 Å². The number of nitrogens with zero attached hydrogens (tertiary/aromatic N) is 8. The number of rotatable bonds is 11. The Labute approximate surface area is 327 Å². The van der Waals surface area contributed by atoms with Crippen molar-refractivity contribution in [1.82, 2.24) is 51.0 Å². The number of carbonyl (C=O) groups excluding carboxylic acids is 2. The second-order valence-electron chi connectivity index (χ2n) is 15.2. The standard InChI is InChI=1S/C23H29N5O.C19H20ClN5O/c1-7-23(5,6)24-22(29)19-12-18(17-10-8-16(4)9-11-17)13-20(14-19)28-21(15(2)3)25-26-27-28;1-4-19(2,3)22-18(26)15-9-14(13-5-7-16(20)8-6-13)10-17(11-15)25-12-21-23-24-25/h8-15H,7H2,1-6H3,(H,24,29);5-12H,4H2,1-3H3,(H,22,26). The van der Waals surface area contributed by atoms with E-state index in [0.29, 0.717) is 21.8 Å². The van der Waals surface area contributed by atoms with Gasteiger partial charge in [0, 0.05) is 33.1 Å². The number of hydrogen-bond acceptors (Lipinski definition) is 8. The summed E-state index contributed by atoms with van der Waals surface area (Å²) in [5.74, 6) is 0.670. The normalized spacial score (nSPS) is 11.5. The van der Waals surface area contributed by atoms with Gasteiger partial charge >= 0.3 is 0 Å².